The maximum atomic E-state index is 9.99. The topological polar surface area (TPSA) is 66.8 Å². The summed E-state index contributed by atoms with van der Waals surface area (Å²) in [7, 11) is 1.54. The highest BCUT2D eigenvalue weighted by atomic mass is 16.5. The van der Waals surface area contributed by atoms with Gasteiger partial charge in [0.1, 0.15) is 6.73 Å². The minimum Gasteiger partial charge on any atom is -0.480 e. The fraction of sp³-hybridized carbons (Fsp3) is 0.600. The molecule has 1 N–H and O–H groups in total. The van der Waals surface area contributed by atoms with Crippen molar-refractivity contribution in [1.82, 2.24) is 4.90 Å². The molecule has 0 fully saturated rings. The lowest BCUT2D eigenvalue weighted by Gasteiger charge is -2.10. The van der Waals surface area contributed by atoms with E-state index >= 15 is 0 Å². The van der Waals surface area contributed by atoms with Gasteiger partial charge >= 0.3 is 5.97 Å². The van der Waals surface area contributed by atoms with Crippen molar-refractivity contribution < 1.29 is 19.4 Å². The minimum atomic E-state index is -0.947. The molecule has 0 aromatic carbocycles. The van der Waals surface area contributed by atoms with Gasteiger partial charge in [0.25, 0.3) is 6.47 Å². The highest BCUT2D eigenvalue weighted by molar-refractivity contribution is 5.68. The zero-order valence-electron chi connectivity index (χ0n) is 5.61. The Balaban J connectivity index is 3.33. The molecular formula is C5H9NO4. The van der Waals surface area contributed by atoms with E-state index < -0.39 is 5.97 Å². The molecule has 5 nitrogen and oxygen atoms in total. The molecule has 0 heterocycles. The molecule has 0 radical (unpaired) electrons. The summed E-state index contributed by atoms with van der Waals surface area (Å²) in [5.41, 5.74) is 0. The van der Waals surface area contributed by atoms with Gasteiger partial charge in [-0.05, 0) is 7.05 Å². The first-order valence-electron chi connectivity index (χ1n) is 2.62. The Bertz CT molecular complexity index is 125. The smallest absolute Gasteiger partial charge is 0.317 e. The molecule has 0 saturated heterocycles. The summed E-state index contributed by atoms with van der Waals surface area (Å²) in [5, 5.41) is 8.20. The Morgan fingerprint density at radius 2 is 2.40 bits per heavy atom. The second-order valence-electron chi connectivity index (χ2n) is 1.80. The highest BCUT2D eigenvalue weighted by Gasteiger charge is 2.02. The Labute approximate surface area is 58.2 Å². The molecule has 0 spiro atoms. The van der Waals surface area contributed by atoms with Crippen molar-refractivity contribution in [3.8, 4) is 0 Å². The summed E-state index contributed by atoms with van der Waals surface area (Å²) in [6.07, 6.45) is 0. The second-order valence-corrected chi connectivity index (χ2v) is 1.80. The van der Waals surface area contributed by atoms with E-state index in [0.717, 1.165) is 0 Å². The minimum absolute atomic E-state index is 0.00972. The van der Waals surface area contributed by atoms with Crippen LogP contribution in [0.15, 0.2) is 0 Å². The Hall–Kier alpha value is -1.10. The lowest BCUT2D eigenvalue weighted by atomic mass is 10.6. The average Bonchev–Trinajstić information content (AvgIpc) is 1.82. The van der Waals surface area contributed by atoms with Crippen molar-refractivity contribution in [3.05, 3.63) is 0 Å². The molecule has 0 aromatic rings. The number of aliphatic carboxylic acids is 1. The number of carbonyl (C=O) groups excluding carboxylic acids is 1. The number of ether oxygens (including phenoxy) is 1. The molecule has 0 unspecified atom stereocenters. The third-order valence-electron chi connectivity index (χ3n) is 0.768. The molecule has 5 heteroatoms. The van der Waals surface area contributed by atoms with Crippen molar-refractivity contribution in [1.29, 1.82) is 0 Å². The van der Waals surface area contributed by atoms with Crippen LogP contribution in [0.1, 0.15) is 0 Å². The van der Waals surface area contributed by atoms with Gasteiger partial charge in [0.15, 0.2) is 0 Å². The summed E-state index contributed by atoms with van der Waals surface area (Å²) < 4.78 is 4.28. The predicted octanol–water partition coefficient (Wildman–Crippen LogP) is -0.867. The number of hydrogen-bond donors (Lipinski definition) is 1. The van der Waals surface area contributed by atoms with E-state index in [4.69, 9.17) is 5.11 Å². The van der Waals surface area contributed by atoms with Crippen LogP contribution in [0.5, 0.6) is 0 Å². The quantitative estimate of drug-likeness (QED) is 0.404. The number of carboxylic acids is 1. The Kier molecular flexibility index (Phi) is 4.23. The SMILES string of the molecule is CN(COC=O)CC(=O)O. The van der Waals surface area contributed by atoms with Crippen molar-refractivity contribution in [2.24, 2.45) is 0 Å². The number of nitrogens with zero attached hydrogens (tertiary/aromatic N) is 1. The van der Waals surface area contributed by atoms with E-state index in [1.54, 1.807) is 0 Å². The zero-order valence-corrected chi connectivity index (χ0v) is 5.61. The maximum absolute atomic E-state index is 9.99. The van der Waals surface area contributed by atoms with E-state index in [9.17, 15) is 9.59 Å². The van der Waals surface area contributed by atoms with E-state index in [1.807, 2.05) is 0 Å². The fourth-order valence-electron chi connectivity index (χ4n) is 0.434. The van der Waals surface area contributed by atoms with Crippen LogP contribution >= 0.6 is 0 Å². The Morgan fingerprint density at radius 1 is 1.80 bits per heavy atom. The van der Waals surface area contributed by atoms with Crippen LogP contribution in [0, 0.1) is 0 Å². The van der Waals surface area contributed by atoms with Crippen LogP contribution in [-0.4, -0.2) is 42.8 Å². The lowest BCUT2D eigenvalue weighted by Crippen LogP contribution is -2.27. The monoisotopic (exact) mass is 147 g/mol. The maximum Gasteiger partial charge on any atom is 0.317 e. The molecule has 0 amide bonds. The van der Waals surface area contributed by atoms with E-state index in [0.29, 0.717) is 0 Å². The summed E-state index contributed by atoms with van der Waals surface area (Å²) >= 11 is 0. The van der Waals surface area contributed by atoms with Crippen molar-refractivity contribution in [2.45, 2.75) is 0 Å². The second kappa shape index (κ2) is 4.75. The molecule has 0 saturated carbocycles. The van der Waals surface area contributed by atoms with Gasteiger partial charge in [-0.15, -0.1) is 0 Å². The first-order chi connectivity index (χ1) is 4.66. The molecule has 0 aliphatic carbocycles. The first-order valence-corrected chi connectivity index (χ1v) is 2.62. The van der Waals surface area contributed by atoms with Gasteiger partial charge in [0, 0.05) is 0 Å². The van der Waals surface area contributed by atoms with Crippen molar-refractivity contribution in [3.63, 3.8) is 0 Å². The predicted molar refractivity (Wildman–Crippen MR) is 32.3 cm³/mol. The number of carbonyl (C=O) groups is 2. The normalized spacial score (nSPS) is 9.40. The van der Waals surface area contributed by atoms with E-state index in [-0.39, 0.29) is 19.7 Å². The van der Waals surface area contributed by atoms with Gasteiger partial charge in [-0.1, -0.05) is 0 Å². The van der Waals surface area contributed by atoms with Gasteiger partial charge in [-0.25, -0.2) is 0 Å². The highest BCUT2D eigenvalue weighted by Crippen LogP contribution is 1.80. The number of carboxylic acid groups (broad SMARTS) is 1. The summed E-state index contributed by atoms with van der Waals surface area (Å²) in [6.45, 7) is 0.155. The molecule has 0 aliphatic rings. The summed E-state index contributed by atoms with van der Waals surface area (Å²) in [4.78, 5) is 20.9. The number of rotatable bonds is 5. The van der Waals surface area contributed by atoms with Crippen LogP contribution < -0.4 is 0 Å². The van der Waals surface area contributed by atoms with Gasteiger partial charge in [0.05, 0.1) is 6.54 Å². The van der Waals surface area contributed by atoms with Gasteiger partial charge in [-0.2, -0.15) is 0 Å². The van der Waals surface area contributed by atoms with Crippen LogP contribution in [0.2, 0.25) is 0 Å². The van der Waals surface area contributed by atoms with Crippen LogP contribution in [-0.2, 0) is 14.3 Å². The number of hydrogen-bond acceptors (Lipinski definition) is 4. The van der Waals surface area contributed by atoms with Crippen LogP contribution in [0.3, 0.4) is 0 Å². The first kappa shape index (κ1) is 8.90. The molecule has 10 heavy (non-hydrogen) atoms. The van der Waals surface area contributed by atoms with Crippen LogP contribution in [0.25, 0.3) is 0 Å². The molecule has 0 atom stereocenters. The molecule has 0 rings (SSSR count). The van der Waals surface area contributed by atoms with Crippen molar-refractivity contribution in [2.75, 3.05) is 20.3 Å². The van der Waals surface area contributed by atoms with E-state index in [2.05, 4.69) is 4.74 Å². The van der Waals surface area contributed by atoms with Gasteiger partial charge in [0.2, 0.25) is 0 Å². The average molecular weight is 147 g/mol. The largest absolute Gasteiger partial charge is 0.480 e. The molecule has 0 bridgehead atoms. The van der Waals surface area contributed by atoms with Gasteiger partial charge < -0.3 is 9.84 Å². The van der Waals surface area contributed by atoms with Gasteiger partial charge in [-0.3, -0.25) is 14.5 Å². The standard InChI is InChI=1S/C5H9NO4/c1-6(2-5(8)9)3-10-4-7/h4H,2-3H2,1H3,(H,8,9). The lowest BCUT2D eigenvalue weighted by molar-refractivity contribution is -0.142. The molecule has 58 valence electrons. The molecule has 0 aliphatic heterocycles. The Morgan fingerprint density at radius 3 is 2.80 bits per heavy atom. The van der Waals surface area contributed by atoms with E-state index in [1.165, 1.54) is 11.9 Å². The fourth-order valence-corrected chi connectivity index (χ4v) is 0.434. The summed E-state index contributed by atoms with van der Waals surface area (Å²) in [5.74, 6) is -0.947. The molecule has 0 aromatic heterocycles. The molecular weight excluding hydrogens is 138 g/mol. The van der Waals surface area contributed by atoms with Crippen molar-refractivity contribution >= 4 is 12.4 Å². The third-order valence-corrected chi connectivity index (χ3v) is 0.768. The van der Waals surface area contributed by atoms with Crippen LogP contribution in [0.4, 0.5) is 0 Å². The third kappa shape index (κ3) is 5.04. The number of likely N-dealkylation sites (N-methyl/N-ethyl adjacent to an activating group) is 1. The summed E-state index contributed by atoms with van der Waals surface area (Å²) in [6, 6.07) is 0. The zero-order chi connectivity index (χ0) is 7.98.